The zero-order valence-electron chi connectivity index (χ0n) is 11.5. The molecule has 0 aliphatic carbocycles. The van der Waals surface area contributed by atoms with Gasteiger partial charge in [0.1, 0.15) is 0 Å². The zero-order chi connectivity index (χ0) is 12.7. The van der Waals surface area contributed by atoms with Crippen molar-refractivity contribution in [2.24, 2.45) is 11.7 Å². The van der Waals surface area contributed by atoms with Gasteiger partial charge in [-0.15, -0.1) is 0 Å². The number of hydrogen-bond donors (Lipinski definition) is 1. The van der Waals surface area contributed by atoms with Gasteiger partial charge in [-0.05, 0) is 51.1 Å². The summed E-state index contributed by atoms with van der Waals surface area (Å²) in [6.45, 7) is 2.15. The third-order valence-corrected chi connectivity index (χ3v) is 5.07. The zero-order valence-corrected chi connectivity index (χ0v) is 11.5. The normalized spacial score (nSPS) is 33.6. The number of nitrogens with zero attached hydrogens (tertiary/aromatic N) is 1. The summed E-state index contributed by atoms with van der Waals surface area (Å²) in [5, 5.41) is 0. The molecule has 2 bridgehead atoms. The van der Waals surface area contributed by atoms with Gasteiger partial charge in [0.05, 0.1) is 0 Å². The fourth-order valence-electron chi connectivity index (χ4n) is 3.90. The number of aryl methyl sites for hydroxylation is 1. The first-order valence-corrected chi connectivity index (χ1v) is 7.19. The highest BCUT2D eigenvalue weighted by atomic mass is 15.2. The molecule has 98 valence electrons. The lowest BCUT2D eigenvalue weighted by molar-refractivity contribution is 0.121. The van der Waals surface area contributed by atoms with Crippen molar-refractivity contribution >= 4 is 0 Å². The van der Waals surface area contributed by atoms with Crippen molar-refractivity contribution in [3.63, 3.8) is 0 Å². The summed E-state index contributed by atoms with van der Waals surface area (Å²) in [5.41, 5.74) is 9.16. The number of hydrogen-bond acceptors (Lipinski definition) is 2. The van der Waals surface area contributed by atoms with Crippen molar-refractivity contribution in [1.82, 2.24) is 4.90 Å². The van der Waals surface area contributed by atoms with Crippen LogP contribution in [0, 0.1) is 12.8 Å². The number of rotatable bonds is 2. The Morgan fingerprint density at radius 1 is 1.22 bits per heavy atom. The number of fused-ring (bicyclic) bond motifs is 2. The lowest BCUT2D eigenvalue weighted by Gasteiger charge is -2.39. The Bertz CT molecular complexity index is 415. The Hall–Kier alpha value is -0.860. The van der Waals surface area contributed by atoms with Gasteiger partial charge in [0, 0.05) is 18.1 Å². The Labute approximate surface area is 110 Å². The van der Waals surface area contributed by atoms with Gasteiger partial charge in [-0.1, -0.05) is 29.8 Å². The van der Waals surface area contributed by atoms with Gasteiger partial charge >= 0.3 is 0 Å². The van der Waals surface area contributed by atoms with E-state index in [1.54, 1.807) is 0 Å². The maximum Gasteiger partial charge on any atom is 0.0324 e. The Morgan fingerprint density at radius 3 is 2.50 bits per heavy atom. The van der Waals surface area contributed by atoms with Crippen LogP contribution in [0.3, 0.4) is 0 Å². The molecule has 0 saturated carbocycles. The monoisotopic (exact) mass is 244 g/mol. The Balaban J connectivity index is 1.76. The van der Waals surface area contributed by atoms with Crippen LogP contribution in [-0.2, 0) is 0 Å². The standard InChI is InChI=1S/C16H24N2/c1-11-4-3-5-12(8-11)16(17)13-9-14-6-7-15(10-13)18(14)2/h3-5,8,13-16H,6-7,9-10,17H2,1-2H3. The minimum Gasteiger partial charge on any atom is -0.324 e. The highest BCUT2D eigenvalue weighted by Gasteiger charge is 2.40. The molecule has 2 N–H and O–H groups in total. The van der Waals surface area contributed by atoms with Crippen LogP contribution in [0.4, 0.5) is 0 Å². The van der Waals surface area contributed by atoms with Crippen LogP contribution >= 0.6 is 0 Å². The molecule has 1 aromatic carbocycles. The van der Waals surface area contributed by atoms with Crippen LogP contribution in [0.5, 0.6) is 0 Å². The van der Waals surface area contributed by atoms with Gasteiger partial charge in [0.25, 0.3) is 0 Å². The average molecular weight is 244 g/mol. The molecule has 0 aromatic heterocycles. The summed E-state index contributed by atoms with van der Waals surface area (Å²) in [5.74, 6) is 0.667. The molecule has 2 nitrogen and oxygen atoms in total. The second kappa shape index (κ2) is 4.67. The second-order valence-electron chi connectivity index (χ2n) is 6.22. The summed E-state index contributed by atoms with van der Waals surface area (Å²) in [7, 11) is 2.29. The van der Waals surface area contributed by atoms with Crippen LogP contribution in [0.15, 0.2) is 24.3 Å². The summed E-state index contributed by atoms with van der Waals surface area (Å²) in [6, 6.07) is 10.5. The molecule has 2 heterocycles. The van der Waals surface area contributed by atoms with E-state index in [0.717, 1.165) is 12.1 Å². The molecule has 0 radical (unpaired) electrons. The van der Waals surface area contributed by atoms with E-state index in [9.17, 15) is 0 Å². The van der Waals surface area contributed by atoms with Gasteiger partial charge in [-0.25, -0.2) is 0 Å². The minimum atomic E-state index is 0.224. The smallest absolute Gasteiger partial charge is 0.0324 e. The minimum absolute atomic E-state index is 0.224. The van der Waals surface area contributed by atoms with E-state index < -0.39 is 0 Å². The molecule has 2 saturated heterocycles. The molecule has 2 aliphatic heterocycles. The van der Waals surface area contributed by atoms with Gasteiger partial charge in [-0.3, -0.25) is 0 Å². The molecule has 2 aliphatic rings. The molecule has 0 spiro atoms. The quantitative estimate of drug-likeness (QED) is 0.867. The topological polar surface area (TPSA) is 29.3 Å². The number of benzene rings is 1. The average Bonchev–Trinajstić information content (AvgIpc) is 2.61. The van der Waals surface area contributed by atoms with Gasteiger partial charge < -0.3 is 10.6 Å². The predicted octanol–water partition coefficient (Wildman–Crippen LogP) is 2.87. The fourth-order valence-corrected chi connectivity index (χ4v) is 3.90. The van der Waals surface area contributed by atoms with Crippen molar-refractivity contribution in [1.29, 1.82) is 0 Å². The lowest BCUT2D eigenvalue weighted by Crippen LogP contribution is -2.42. The first-order valence-electron chi connectivity index (χ1n) is 7.19. The first kappa shape index (κ1) is 12.2. The van der Waals surface area contributed by atoms with Crippen LogP contribution in [0.2, 0.25) is 0 Å². The van der Waals surface area contributed by atoms with Gasteiger partial charge in [-0.2, -0.15) is 0 Å². The predicted molar refractivity (Wildman–Crippen MR) is 75.4 cm³/mol. The van der Waals surface area contributed by atoms with E-state index in [1.165, 1.54) is 36.8 Å². The maximum atomic E-state index is 6.52. The highest BCUT2D eigenvalue weighted by Crippen LogP contribution is 2.41. The molecule has 2 heteroatoms. The van der Waals surface area contributed by atoms with E-state index in [1.807, 2.05) is 0 Å². The van der Waals surface area contributed by atoms with Crippen molar-refractivity contribution in [2.45, 2.75) is 50.7 Å². The third-order valence-electron chi connectivity index (χ3n) is 5.07. The van der Waals surface area contributed by atoms with Gasteiger partial charge in [0.15, 0.2) is 0 Å². The maximum absolute atomic E-state index is 6.52. The molecule has 0 amide bonds. The molecular formula is C16H24N2. The fraction of sp³-hybridized carbons (Fsp3) is 0.625. The van der Waals surface area contributed by atoms with Crippen LogP contribution in [-0.4, -0.2) is 24.0 Å². The number of piperidine rings is 1. The SMILES string of the molecule is Cc1cccc(C(N)C2CC3CCC(C2)N3C)c1. The van der Waals surface area contributed by atoms with Crippen molar-refractivity contribution in [2.75, 3.05) is 7.05 Å². The Kier molecular flexibility index (Phi) is 3.16. The molecule has 2 fully saturated rings. The molecule has 3 unspecified atom stereocenters. The molecule has 3 rings (SSSR count). The van der Waals surface area contributed by atoms with E-state index in [4.69, 9.17) is 5.73 Å². The van der Waals surface area contributed by atoms with Crippen molar-refractivity contribution < 1.29 is 0 Å². The van der Waals surface area contributed by atoms with Crippen LogP contribution in [0.1, 0.15) is 42.9 Å². The van der Waals surface area contributed by atoms with E-state index in [0.29, 0.717) is 5.92 Å². The Morgan fingerprint density at radius 2 is 1.89 bits per heavy atom. The lowest BCUT2D eigenvalue weighted by atomic mass is 9.82. The van der Waals surface area contributed by atoms with E-state index >= 15 is 0 Å². The first-order chi connectivity index (χ1) is 8.65. The van der Waals surface area contributed by atoms with Crippen LogP contribution < -0.4 is 5.73 Å². The molecule has 18 heavy (non-hydrogen) atoms. The van der Waals surface area contributed by atoms with Crippen molar-refractivity contribution in [3.05, 3.63) is 35.4 Å². The highest BCUT2D eigenvalue weighted by molar-refractivity contribution is 5.25. The molecule has 3 atom stereocenters. The summed E-state index contributed by atoms with van der Waals surface area (Å²) >= 11 is 0. The summed E-state index contributed by atoms with van der Waals surface area (Å²) in [4.78, 5) is 2.58. The summed E-state index contributed by atoms with van der Waals surface area (Å²) < 4.78 is 0. The largest absolute Gasteiger partial charge is 0.324 e. The van der Waals surface area contributed by atoms with Crippen LogP contribution in [0.25, 0.3) is 0 Å². The third kappa shape index (κ3) is 2.08. The van der Waals surface area contributed by atoms with Crippen molar-refractivity contribution in [3.8, 4) is 0 Å². The summed E-state index contributed by atoms with van der Waals surface area (Å²) in [6.07, 6.45) is 5.31. The van der Waals surface area contributed by atoms with E-state index in [-0.39, 0.29) is 6.04 Å². The van der Waals surface area contributed by atoms with E-state index in [2.05, 4.69) is 43.1 Å². The second-order valence-corrected chi connectivity index (χ2v) is 6.22. The molecular weight excluding hydrogens is 220 g/mol. The molecule has 1 aromatic rings. The van der Waals surface area contributed by atoms with Gasteiger partial charge in [0.2, 0.25) is 0 Å². The number of nitrogens with two attached hydrogens (primary N) is 1.